The lowest BCUT2D eigenvalue weighted by molar-refractivity contribution is 0.209. The molecule has 2 aromatic rings. The lowest BCUT2D eigenvalue weighted by Crippen LogP contribution is -2.06. The van der Waals surface area contributed by atoms with Crippen LogP contribution in [0, 0.1) is 6.92 Å². The van der Waals surface area contributed by atoms with Crippen LogP contribution in [0.15, 0.2) is 34.8 Å². The first-order valence-electron chi connectivity index (χ1n) is 6.10. The number of pyridine rings is 1. The fourth-order valence-corrected chi connectivity index (χ4v) is 2.69. The van der Waals surface area contributed by atoms with E-state index in [0.717, 1.165) is 5.69 Å². The smallest absolute Gasteiger partial charge is 0.143 e. The Balaban J connectivity index is 2.49. The van der Waals surface area contributed by atoms with Crippen molar-refractivity contribution in [3.63, 3.8) is 0 Å². The van der Waals surface area contributed by atoms with Gasteiger partial charge in [-0.1, -0.05) is 6.07 Å². The lowest BCUT2D eigenvalue weighted by atomic mass is 10.0. The van der Waals surface area contributed by atoms with Crippen molar-refractivity contribution in [2.75, 3.05) is 14.2 Å². The van der Waals surface area contributed by atoms with Gasteiger partial charge in [-0.3, -0.25) is 4.98 Å². The minimum absolute atomic E-state index is 0.542. The van der Waals surface area contributed by atoms with Gasteiger partial charge in [0.15, 0.2) is 0 Å². The van der Waals surface area contributed by atoms with Crippen LogP contribution in [0.25, 0.3) is 0 Å². The van der Waals surface area contributed by atoms with Crippen molar-refractivity contribution in [3.05, 3.63) is 51.8 Å². The summed E-state index contributed by atoms with van der Waals surface area (Å²) in [4.78, 5) is 4.35. The number of rotatable bonds is 4. The molecule has 5 heteroatoms. The first-order valence-corrected chi connectivity index (χ1v) is 6.89. The minimum Gasteiger partial charge on any atom is -0.495 e. The van der Waals surface area contributed by atoms with E-state index in [1.54, 1.807) is 32.4 Å². The molecule has 20 heavy (non-hydrogen) atoms. The highest BCUT2D eigenvalue weighted by Gasteiger charge is 2.20. The van der Waals surface area contributed by atoms with Crippen LogP contribution in [-0.4, -0.2) is 24.3 Å². The molecule has 1 aromatic carbocycles. The van der Waals surface area contributed by atoms with Gasteiger partial charge in [-0.05, 0) is 47.1 Å². The molecule has 1 N–H and O–H groups in total. The topological polar surface area (TPSA) is 51.6 Å². The third-order valence-electron chi connectivity index (χ3n) is 3.00. The van der Waals surface area contributed by atoms with Gasteiger partial charge in [0.05, 0.1) is 19.9 Å². The Bertz CT molecular complexity index is 616. The summed E-state index contributed by atoms with van der Waals surface area (Å²) in [6.07, 6.45) is -0.855. The summed E-state index contributed by atoms with van der Waals surface area (Å²) in [6.45, 7) is 1.89. The molecule has 0 bridgehead atoms. The maximum Gasteiger partial charge on any atom is 0.143 e. The molecule has 0 saturated carbocycles. The third kappa shape index (κ3) is 2.78. The number of ether oxygens (including phenoxy) is 2. The van der Waals surface area contributed by atoms with Crippen LogP contribution >= 0.6 is 15.9 Å². The molecule has 0 aliphatic rings. The Morgan fingerprint density at radius 3 is 2.50 bits per heavy atom. The summed E-state index contributed by atoms with van der Waals surface area (Å²) in [7, 11) is 3.14. The van der Waals surface area contributed by atoms with Crippen LogP contribution in [0.2, 0.25) is 0 Å². The van der Waals surface area contributed by atoms with Crippen molar-refractivity contribution >= 4 is 15.9 Å². The van der Waals surface area contributed by atoms with E-state index in [2.05, 4.69) is 20.9 Å². The standard InChI is InChI=1S/C15H16BrNO3/c1-9-5-4-6-11(17-9)14(18)10-7-8-12(19-2)13(16)15(10)20-3/h4-8,14,18H,1-3H3. The molecule has 0 spiro atoms. The molecule has 1 atom stereocenters. The van der Waals surface area contributed by atoms with Gasteiger partial charge in [-0.25, -0.2) is 0 Å². The zero-order valence-electron chi connectivity index (χ0n) is 11.6. The number of hydrogen-bond donors (Lipinski definition) is 1. The number of aliphatic hydroxyl groups is 1. The fraction of sp³-hybridized carbons (Fsp3) is 0.267. The van der Waals surface area contributed by atoms with E-state index in [-0.39, 0.29) is 0 Å². The molecule has 0 radical (unpaired) electrons. The van der Waals surface area contributed by atoms with Crippen LogP contribution in [0.1, 0.15) is 23.1 Å². The summed E-state index contributed by atoms with van der Waals surface area (Å²) >= 11 is 3.43. The first kappa shape index (κ1) is 14.8. The van der Waals surface area contributed by atoms with Gasteiger partial charge in [0, 0.05) is 11.3 Å². The van der Waals surface area contributed by atoms with E-state index < -0.39 is 6.10 Å². The van der Waals surface area contributed by atoms with Crippen molar-refractivity contribution in [3.8, 4) is 11.5 Å². The largest absolute Gasteiger partial charge is 0.495 e. The predicted molar refractivity (Wildman–Crippen MR) is 80.3 cm³/mol. The Morgan fingerprint density at radius 2 is 1.90 bits per heavy atom. The lowest BCUT2D eigenvalue weighted by Gasteiger charge is -2.17. The Morgan fingerprint density at radius 1 is 1.15 bits per heavy atom. The van der Waals surface area contributed by atoms with E-state index in [0.29, 0.717) is 27.2 Å². The summed E-state index contributed by atoms with van der Waals surface area (Å²) in [5.41, 5.74) is 2.08. The highest BCUT2D eigenvalue weighted by molar-refractivity contribution is 9.10. The molecule has 0 saturated heterocycles. The van der Waals surface area contributed by atoms with Gasteiger partial charge in [-0.15, -0.1) is 0 Å². The maximum atomic E-state index is 10.5. The zero-order valence-corrected chi connectivity index (χ0v) is 13.1. The van der Waals surface area contributed by atoms with Gasteiger partial charge < -0.3 is 14.6 Å². The molecule has 2 rings (SSSR count). The number of halogens is 1. The molecule has 0 amide bonds. The molecule has 1 unspecified atom stereocenters. The number of benzene rings is 1. The number of methoxy groups -OCH3 is 2. The second kappa shape index (κ2) is 6.24. The molecular weight excluding hydrogens is 322 g/mol. The van der Waals surface area contributed by atoms with E-state index in [9.17, 15) is 5.11 Å². The summed E-state index contributed by atoms with van der Waals surface area (Å²) < 4.78 is 11.3. The monoisotopic (exact) mass is 337 g/mol. The van der Waals surface area contributed by atoms with Gasteiger partial charge in [0.25, 0.3) is 0 Å². The Labute approximate surface area is 126 Å². The summed E-state index contributed by atoms with van der Waals surface area (Å²) in [5, 5.41) is 10.5. The number of aryl methyl sites for hydroxylation is 1. The van der Waals surface area contributed by atoms with E-state index >= 15 is 0 Å². The van der Waals surface area contributed by atoms with Crippen molar-refractivity contribution in [2.45, 2.75) is 13.0 Å². The predicted octanol–water partition coefficient (Wildman–Crippen LogP) is 3.25. The van der Waals surface area contributed by atoms with Gasteiger partial charge in [0.1, 0.15) is 22.1 Å². The van der Waals surface area contributed by atoms with Crippen LogP contribution < -0.4 is 9.47 Å². The van der Waals surface area contributed by atoms with Crippen molar-refractivity contribution in [1.82, 2.24) is 4.98 Å². The first-order chi connectivity index (χ1) is 9.58. The van der Waals surface area contributed by atoms with Crippen LogP contribution in [0.5, 0.6) is 11.5 Å². The van der Waals surface area contributed by atoms with Crippen molar-refractivity contribution in [2.24, 2.45) is 0 Å². The fourth-order valence-electron chi connectivity index (χ4n) is 2.01. The molecular formula is C15H16BrNO3. The van der Waals surface area contributed by atoms with Gasteiger partial charge in [0.2, 0.25) is 0 Å². The van der Waals surface area contributed by atoms with E-state index in [4.69, 9.17) is 9.47 Å². The van der Waals surface area contributed by atoms with Crippen molar-refractivity contribution < 1.29 is 14.6 Å². The van der Waals surface area contributed by atoms with Crippen LogP contribution in [0.4, 0.5) is 0 Å². The normalized spacial score (nSPS) is 12.1. The summed E-state index contributed by atoms with van der Waals surface area (Å²) in [6, 6.07) is 9.09. The molecule has 0 aliphatic carbocycles. The molecule has 0 fully saturated rings. The number of nitrogens with zero attached hydrogens (tertiary/aromatic N) is 1. The molecule has 1 aromatic heterocycles. The van der Waals surface area contributed by atoms with Gasteiger partial charge in [-0.2, -0.15) is 0 Å². The van der Waals surface area contributed by atoms with E-state index in [1.165, 1.54) is 0 Å². The van der Waals surface area contributed by atoms with E-state index in [1.807, 2.05) is 19.1 Å². The minimum atomic E-state index is -0.855. The third-order valence-corrected chi connectivity index (χ3v) is 3.75. The molecule has 106 valence electrons. The SMILES string of the molecule is COc1ccc(C(O)c2cccc(C)n2)c(OC)c1Br. The van der Waals surface area contributed by atoms with Gasteiger partial charge >= 0.3 is 0 Å². The van der Waals surface area contributed by atoms with Crippen LogP contribution in [0.3, 0.4) is 0 Å². The van der Waals surface area contributed by atoms with Crippen molar-refractivity contribution in [1.29, 1.82) is 0 Å². The summed E-state index contributed by atoms with van der Waals surface area (Å²) in [5.74, 6) is 1.19. The van der Waals surface area contributed by atoms with Crippen LogP contribution in [-0.2, 0) is 0 Å². The Hall–Kier alpha value is -1.59. The zero-order chi connectivity index (χ0) is 14.7. The molecule has 1 heterocycles. The maximum absolute atomic E-state index is 10.5. The highest BCUT2D eigenvalue weighted by Crippen LogP contribution is 2.40. The average molecular weight is 338 g/mol. The molecule has 0 aliphatic heterocycles. The Kier molecular flexibility index (Phi) is 4.62. The quantitative estimate of drug-likeness (QED) is 0.930. The highest BCUT2D eigenvalue weighted by atomic mass is 79.9. The second-order valence-electron chi connectivity index (χ2n) is 4.31. The number of aliphatic hydroxyl groups excluding tert-OH is 1. The average Bonchev–Trinajstić information content (AvgIpc) is 2.46. The molecule has 4 nitrogen and oxygen atoms in total. The second-order valence-corrected chi connectivity index (χ2v) is 5.10. The number of hydrogen-bond acceptors (Lipinski definition) is 4. The number of aromatic nitrogens is 1.